The molecule has 0 spiro atoms. The van der Waals surface area contributed by atoms with Crippen molar-refractivity contribution in [1.29, 1.82) is 0 Å². The minimum Gasteiger partial charge on any atom is -0.350 e. The molecule has 0 amide bonds. The molecule has 1 aliphatic heterocycles. The molecule has 1 aromatic carbocycles. The maximum Gasteiger partial charge on any atom is 0.147 e. The van der Waals surface area contributed by atoms with Crippen molar-refractivity contribution in [1.82, 2.24) is 4.90 Å². The van der Waals surface area contributed by atoms with E-state index < -0.39 is 0 Å². The number of nitrogens with zero attached hydrogens (tertiary/aromatic N) is 2. The number of hydrogen-bond donors (Lipinski definition) is 0. The molecule has 2 nitrogen and oxygen atoms in total. The number of aryl methyl sites for hydroxylation is 1. The molecule has 2 atom stereocenters. The van der Waals surface area contributed by atoms with Gasteiger partial charge < -0.3 is 4.90 Å². The number of rotatable bonds is 9. The summed E-state index contributed by atoms with van der Waals surface area (Å²) in [5.74, 6) is -0.0884. The van der Waals surface area contributed by atoms with Crippen LogP contribution in [0.25, 0.3) is 0 Å². The molecule has 24 heavy (non-hydrogen) atoms. The summed E-state index contributed by atoms with van der Waals surface area (Å²) >= 11 is 0. The van der Waals surface area contributed by atoms with E-state index in [1.807, 2.05) is 24.4 Å². The molecular formula is C21H31FN2. The third-order valence-electron chi connectivity index (χ3n) is 4.76. The van der Waals surface area contributed by atoms with Gasteiger partial charge in [-0.15, -0.1) is 0 Å². The molecule has 0 aliphatic carbocycles. The van der Waals surface area contributed by atoms with Gasteiger partial charge in [0.05, 0.1) is 0 Å². The summed E-state index contributed by atoms with van der Waals surface area (Å²) in [6.45, 7) is 6.60. The average molecular weight is 330 g/mol. The molecule has 1 aliphatic rings. The molecule has 0 fully saturated rings. The zero-order valence-corrected chi connectivity index (χ0v) is 15.3. The Bertz CT molecular complexity index is 565. The molecule has 2 unspecified atom stereocenters. The Morgan fingerprint density at radius 2 is 1.96 bits per heavy atom. The van der Waals surface area contributed by atoms with Gasteiger partial charge in [0.15, 0.2) is 0 Å². The Balaban J connectivity index is 2.11. The van der Waals surface area contributed by atoms with Gasteiger partial charge in [-0.25, -0.2) is 4.39 Å². The summed E-state index contributed by atoms with van der Waals surface area (Å²) in [5.41, 5.74) is 1.77. The molecule has 0 bridgehead atoms. The minimum atomic E-state index is -0.110. The van der Waals surface area contributed by atoms with E-state index in [0.29, 0.717) is 6.04 Å². The lowest BCUT2D eigenvalue weighted by atomic mass is 10.0. The van der Waals surface area contributed by atoms with Gasteiger partial charge in [-0.1, -0.05) is 51.7 Å². The van der Waals surface area contributed by atoms with Gasteiger partial charge in [0.1, 0.15) is 12.0 Å². The van der Waals surface area contributed by atoms with Crippen molar-refractivity contribution in [3.05, 3.63) is 47.4 Å². The maximum absolute atomic E-state index is 14.5. The number of hydrogen-bond acceptors (Lipinski definition) is 2. The molecular weight excluding hydrogens is 299 g/mol. The van der Waals surface area contributed by atoms with Crippen LogP contribution in [0.3, 0.4) is 0 Å². The lowest BCUT2D eigenvalue weighted by Crippen LogP contribution is -2.33. The summed E-state index contributed by atoms with van der Waals surface area (Å²) < 4.78 is 14.5. The van der Waals surface area contributed by atoms with Gasteiger partial charge in [-0.3, -0.25) is 4.99 Å². The van der Waals surface area contributed by atoms with Gasteiger partial charge in [-0.05, 0) is 49.5 Å². The quantitative estimate of drug-likeness (QED) is 0.504. The Kier molecular flexibility index (Phi) is 7.48. The smallest absolute Gasteiger partial charge is 0.147 e. The lowest BCUT2D eigenvalue weighted by molar-refractivity contribution is 0.208. The molecule has 0 saturated heterocycles. The van der Waals surface area contributed by atoms with E-state index in [0.717, 1.165) is 43.2 Å². The van der Waals surface area contributed by atoms with Gasteiger partial charge >= 0.3 is 0 Å². The molecule has 1 heterocycles. The monoisotopic (exact) mass is 330 g/mol. The Morgan fingerprint density at radius 1 is 1.17 bits per heavy atom. The third-order valence-corrected chi connectivity index (χ3v) is 4.76. The van der Waals surface area contributed by atoms with Crippen LogP contribution in [0.5, 0.6) is 0 Å². The largest absolute Gasteiger partial charge is 0.350 e. The van der Waals surface area contributed by atoms with Crippen LogP contribution in [0.15, 0.2) is 35.5 Å². The zero-order valence-electron chi connectivity index (χ0n) is 15.3. The highest BCUT2D eigenvalue weighted by atomic mass is 19.1. The standard InChI is InChI=1S/C21H31FN2/c1-4-6-8-11-18-12-13-19(16-20(18)22)21-23-14-9-15-24(21)17(3)10-7-5-2/h9,12-17,21H,4-8,10-11H2,1-3H3. The third kappa shape index (κ3) is 4.93. The molecule has 132 valence electrons. The predicted molar refractivity (Wildman–Crippen MR) is 101 cm³/mol. The van der Waals surface area contributed by atoms with Crippen LogP contribution in [0, 0.1) is 5.82 Å². The van der Waals surface area contributed by atoms with Gasteiger partial charge in [-0.2, -0.15) is 0 Å². The zero-order chi connectivity index (χ0) is 17.4. The van der Waals surface area contributed by atoms with E-state index in [-0.39, 0.29) is 12.0 Å². The molecule has 0 saturated carbocycles. The average Bonchev–Trinajstić information content (AvgIpc) is 2.61. The molecule has 0 radical (unpaired) electrons. The van der Waals surface area contributed by atoms with Crippen LogP contribution in [0.2, 0.25) is 0 Å². The fourth-order valence-electron chi connectivity index (χ4n) is 3.21. The summed E-state index contributed by atoms with van der Waals surface area (Å²) in [6, 6.07) is 6.08. The van der Waals surface area contributed by atoms with Crippen LogP contribution in [0.4, 0.5) is 4.39 Å². The predicted octanol–water partition coefficient (Wildman–Crippen LogP) is 6.04. The summed E-state index contributed by atoms with van der Waals surface area (Å²) in [6.07, 6.45) is 13.5. The van der Waals surface area contributed by atoms with E-state index in [1.165, 1.54) is 12.8 Å². The van der Waals surface area contributed by atoms with Crippen LogP contribution in [-0.4, -0.2) is 17.2 Å². The van der Waals surface area contributed by atoms with Gasteiger partial charge in [0.2, 0.25) is 0 Å². The van der Waals surface area contributed by atoms with Crippen molar-refractivity contribution in [2.45, 2.75) is 77.9 Å². The highest BCUT2D eigenvalue weighted by Crippen LogP contribution is 2.29. The minimum absolute atomic E-state index is 0.0884. The van der Waals surface area contributed by atoms with Crippen molar-refractivity contribution < 1.29 is 4.39 Å². The number of aliphatic imine (C=N–C) groups is 1. The van der Waals surface area contributed by atoms with Crippen molar-refractivity contribution in [3.63, 3.8) is 0 Å². The SMILES string of the molecule is CCCCCc1ccc(C2N=CC=CN2C(C)CCCC)cc1F. The van der Waals surface area contributed by atoms with E-state index >= 15 is 0 Å². The van der Waals surface area contributed by atoms with Crippen molar-refractivity contribution in [2.24, 2.45) is 4.99 Å². The number of halogens is 1. The lowest BCUT2D eigenvalue weighted by Gasteiger charge is -2.35. The fourth-order valence-corrected chi connectivity index (χ4v) is 3.21. The molecule has 0 N–H and O–H groups in total. The summed E-state index contributed by atoms with van der Waals surface area (Å²) in [4.78, 5) is 6.86. The highest BCUT2D eigenvalue weighted by Gasteiger charge is 2.23. The van der Waals surface area contributed by atoms with Crippen LogP contribution >= 0.6 is 0 Å². The first-order valence-electron chi connectivity index (χ1n) is 9.43. The second-order valence-corrected chi connectivity index (χ2v) is 6.76. The maximum atomic E-state index is 14.5. The molecule has 3 heteroatoms. The van der Waals surface area contributed by atoms with Gasteiger partial charge in [0, 0.05) is 18.5 Å². The van der Waals surface area contributed by atoms with Crippen molar-refractivity contribution in [3.8, 4) is 0 Å². The molecule has 2 rings (SSSR count). The topological polar surface area (TPSA) is 15.6 Å². The van der Waals surface area contributed by atoms with E-state index in [4.69, 9.17) is 0 Å². The summed E-state index contributed by atoms with van der Waals surface area (Å²) in [5, 5.41) is 0. The number of unbranched alkanes of at least 4 members (excludes halogenated alkanes) is 3. The second kappa shape index (κ2) is 9.61. The normalized spacial score (nSPS) is 18.2. The number of allylic oxidation sites excluding steroid dienone is 1. The first-order valence-corrected chi connectivity index (χ1v) is 9.43. The highest BCUT2D eigenvalue weighted by molar-refractivity contribution is 5.72. The number of benzene rings is 1. The van der Waals surface area contributed by atoms with Crippen molar-refractivity contribution in [2.75, 3.05) is 0 Å². The van der Waals surface area contributed by atoms with Crippen LogP contribution in [0.1, 0.15) is 76.6 Å². The van der Waals surface area contributed by atoms with Crippen LogP contribution in [-0.2, 0) is 6.42 Å². The first-order chi connectivity index (χ1) is 11.7. The van der Waals surface area contributed by atoms with Gasteiger partial charge in [0.25, 0.3) is 0 Å². The summed E-state index contributed by atoms with van der Waals surface area (Å²) in [7, 11) is 0. The Hall–Kier alpha value is -1.64. The second-order valence-electron chi connectivity index (χ2n) is 6.76. The molecule has 1 aromatic rings. The molecule has 0 aromatic heterocycles. The fraction of sp³-hybridized carbons (Fsp3) is 0.571. The first kappa shape index (κ1) is 18.7. The Morgan fingerprint density at radius 3 is 2.67 bits per heavy atom. The van der Waals surface area contributed by atoms with E-state index in [1.54, 1.807) is 6.07 Å². The van der Waals surface area contributed by atoms with Crippen molar-refractivity contribution >= 4 is 6.21 Å². The van der Waals surface area contributed by atoms with Crippen LogP contribution < -0.4 is 0 Å². The van der Waals surface area contributed by atoms with E-state index in [9.17, 15) is 4.39 Å². The van der Waals surface area contributed by atoms with E-state index in [2.05, 4.69) is 36.9 Å². The Labute approximate surface area is 146 Å².